The molecule has 0 saturated carbocycles. The summed E-state index contributed by atoms with van der Waals surface area (Å²) in [6.07, 6.45) is 2.15. The fraction of sp³-hybridized carbons (Fsp3) is 0.250. The molecule has 4 rings (SSSR count). The van der Waals surface area contributed by atoms with Gasteiger partial charge in [-0.15, -0.1) is 4.40 Å². The van der Waals surface area contributed by atoms with Crippen LogP contribution in [0, 0.1) is 5.41 Å². The fourth-order valence-electron chi connectivity index (χ4n) is 3.29. The Kier molecular flexibility index (Phi) is 5.59. The molecule has 166 valence electrons. The first-order valence-corrected chi connectivity index (χ1v) is 10.8. The molecule has 1 N–H and O–H groups in total. The predicted octanol–water partition coefficient (Wildman–Crippen LogP) is 1.97. The lowest BCUT2D eigenvalue weighted by Gasteiger charge is -2.17. The number of hydrogen-bond donors (Lipinski definition) is 1. The van der Waals surface area contributed by atoms with Crippen molar-refractivity contribution in [2.45, 2.75) is 12.6 Å². The van der Waals surface area contributed by atoms with E-state index < -0.39 is 28.0 Å². The summed E-state index contributed by atoms with van der Waals surface area (Å²) >= 11 is 0. The second-order valence-corrected chi connectivity index (χ2v) is 8.74. The minimum absolute atomic E-state index is 0.0265. The molecule has 1 aliphatic carbocycles. The van der Waals surface area contributed by atoms with Crippen molar-refractivity contribution in [1.29, 1.82) is 5.41 Å². The van der Waals surface area contributed by atoms with Gasteiger partial charge in [-0.1, -0.05) is 0 Å². The second-order valence-electron chi connectivity index (χ2n) is 7.15. The van der Waals surface area contributed by atoms with Crippen molar-refractivity contribution in [2.75, 3.05) is 13.1 Å². The lowest BCUT2D eigenvalue weighted by Crippen LogP contribution is -2.28. The molecule has 1 aliphatic heterocycles. The molecule has 1 atom stereocenters. The third-order valence-electron chi connectivity index (χ3n) is 4.95. The number of fused-ring (bicyclic) bond motifs is 1. The molecule has 0 bridgehead atoms. The van der Waals surface area contributed by atoms with Crippen LogP contribution in [0.4, 0.5) is 8.78 Å². The first-order chi connectivity index (χ1) is 15.2. The van der Waals surface area contributed by atoms with Crippen molar-refractivity contribution in [3.8, 4) is 5.75 Å². The van der Waals surface area contributed by atoms with Gasteiger partial charge in [0, 0.05) is 20.1 Å². The van der Waals surface area contributed by atoms with Crippen LogP contribution in [0.2, 0.25) is 0 Å². The zero-order chi connectivity index (χ0) is 23.0. The van der Waals surface area contributed by atoms with Gasteiger partial charge in [-0.05, 0) is 42.6 Å². The molecule has 2 aromatic rings. The zero-order valence-electron chi connectivity index (χ0n) is 16.7. The van der Waals surface area contributed by atoms with Crippen LogP contribution in [0.5, 0.6) is 5.75 Å². The Labute approximate surface area is 181 Å². The average Bonchev–Trinajstić information content (AvgIpc) is 3.21. The number of allylic oxidation sites excluding steroid dienone is 4. The van der Waals surface area contributed by atoms with Crippen LogP contribution in [0.1, 0.15) is 6.42 Å². The number of rotatable bonds is 4. The normalized spacial score (nSPS) is 20.9. The first kappa shape index (κ1) is 21.8. The van der Waals surface area contributed by atoms with Crippen molar-refractivity contribution in [1.82, 2.24) is 13.9 Å². The van der Waals surface area contributed by atoms with Crippen LogP contribution in [-0.4, -0.2) is 53.1 Å². The highest BCUT2D eigenvalue weighted by molar-refractivity contribution is 7.88. The number of ether oxygens (including phenoxy) is 1. The van der Waals surface area contributed by atoms with E-state index >= 15 is 0 Å². The SMILES string of the molecule is Cn1cnc2ccc(OC3=C(F)C=C/C(=N\S(=O)(=O)N4CC[C@@H](F)C4)C3=C=N)cc2c1=O. The van der Waals surface area contributed by atoms with Crippen molar-refractivity contribution in [3.63, 3.8) is 0 Å². The zero-order valence-corrected chi connectivity index (χ0v) is 17.6. The van der Waals surface area contributed by atoms with Gasteiger partial charge in [-0.2, -0.15) is 12.7 Å². The van der Waals surface area contributed by atoms with E-state index in [0.717, 1.165) is 16.5 Å². The van der Waals surface area contributed by atoms with Crippen molar-refractivity contribution in [3.05, 3.63) is 64.2 Å². The van der Waals surface area contributed by atoms with Crippen LogP contribution in [-0.2, 0) is 17.3 Å². The molecule has 1 fully saturated rings. The summed E-state index contributed by atoms with van der Waals surface area (Å²) in [7, 11) is -2.73. The highest BCUT2D eigenvalue weighted by Gasteiger charge is 2.32. The van der Waals surface area contributed by atoms with E-state index in [1.165, 1.54) is 36.1 Å². The summed E-state index contributed by atoms with van der Waals surface area (Å²) in [5, 5.41) is 7.77. The molecule has 2 heterocycles. The molecular weight excluding hydrogens is 444 g/mol. The Hall–Kier alpha value is -3.47. The third kappa shape index (κ3) is 4.03. The number of nitrogens with one attached hydrogen (secondary N) is 1. The van der Waals surface area contributed by atoms with Crippen LogP contribution in [0.15, 0.2) is 63.0 Å². The monoisotopic (exact) mass is 461 g/mol. The van der Waals surface area contributed by atoms with Crippen molar-refractivity contribution in [2.24, 2.45) is 11.4 Å². The van der Waals surface area contributed by atoms with Gasteiger partial charge in [0.25, 0.3) is 5.56 Å². The summed E-state index contributed by atoms with van der Waals surface area (Å²) in [5.74, 6) is 0.655. The number of alkyl halides is 1. The van der Waals surface area contributed by atoms with Crippen molar-refractivity contribution >= 4 is 32.7 Å². The largest absolute Gasteiger partial charge is 0.453 e. The summed E-state index contributed by atoms with van der Waals surface area (Å²) in [5.41, 5.74) is -0.557. The first-order valence-electron chi connectivity index (χ1n) is 9.45. The number of hydrogen-bond acceptors (Lipinski definition) is 6. The van der Waals surface area contributed by atoms with Crippen LogP contribution in [0.3, 0.4) is 0 Å². The van der Waals surface area contributed by atoms with E-state index in [2.05, 4.69) is 9.38 Å². The van der Waals surface area contributed by atoms with Gasteiger partial charge in [0.05, 0.1) is 22.9 Å². The lowest BCUT2D eigenvalue weighted by atomic mass is 10.0. The second kappa shape index (κ2) is 8.23. The van der Waals surface area contributed by atoms with Gasteiger partial charge in [-0.25, -0.2) is 13.8 Å². The summed E-state index contributed by atoms with van der Waals surface area (Å²) < 4.78 is 64.4. The summed E-state index contributed by atoms with van der Waals surface area (Å²) in [4.78, 5) is 16.4. The maximum Gasteiger partial charge on any atom is 0.323 e. The standard InChI is InChI=1S/C20H17F2N5O4S/c1-26-11-24-17-4-2-13(8-14(17)20(26)28)31-19-15(9-23)18(5-3-16(19)22)25-32(29,30)27-7-6-12(21)10-27/h2-5,8,11-12,23H,6-7,10H2,1H3/b25-18+/t12-/m1/s1. The molecular formula is C20H17F2N5O4S. The van der Waals surface area contributed by atoms with E-state index in [9.17, 15) is 22.0 Å². The minimum Gasteiger partial charge on any atom is -0.453 e. The maximum absolute atomic E-state index is 14.6. The van der Waals surface area contributed by atoms with Crippen LogP contribution in [0.25, 0.3) is 10.9 Å². The van der Waals surface area contributed by atoms with E-state index in [0.29, 0.717) is 5.52 Å². The molecule has 0 radical (unpaired) electrons. The Morgan fingerprint density at radius 2 is 2.12 bits per heavy atom. The van der Waals surface area contributed by atoms with Gasteiger partial charge in [0.15, 0.2) is 11.6 Å². The van der Waals surface area contributed by atoms with Crippen molar-refractivity contribution < 1.29 is 21.9 Å². The summed E-state index contributed by atoms with van der Waals surface area (Å²) in [6, 6.07) is 4.33. The molecule has 1 saturated heterocycles. The fourth-order valence-corrected chi connectivity index (χ4v) is 4.50. The van der Waals surface area contributed by atoms with E-state index in [1.54, 1.807) is 0 Å². The molecule has 0 unspecified atom stereocenters. The van der Waals surface area contributed by atoms with Crippen LogP contribution < -0.4 is 10.3 Å². The molecule has 1 aromatic heterocycles. The number of halogens is 2. The number of benzene rings is 1. The van der Waals surface area contributed by atoms with Crippen LogP contribution >= 0.6 is 0 Å². The topological polar surface area (TPSA) is 118 Å². The predicted molar refractivity (Wildman–Crippen MR) is 114 cm³/mol. The molecule has 1 aromatic carbocycles. The number of aryl methyl sites for hydroxylation is 1. The molecule has 2 aliphatic rings. The van der Waals surface area contributed by atoms with E-state index in [4.69, 9.17) is 10.1 Å². The molecule has 9 nitrogen and oxygen atoms in total. The molecule has 0 spiro atoms. The van der Waals surface area contributed by atoms with Gasteiger partial charge in [0.1, 0.15) is 17.5 Å². The highest BCUT2D eigenvalue weighted by atomic mass is 32.2. The van der Waals surface area contributed by atoms with E-state index in [1.807, 2.05) is 5.87 Å². The van der Waals surface area contributed by atoms with E-state index in [-0.39, 0.29) is 47.5 Å². The Morgan fingerprint density at radius 3 is 2.81 bits per heavy atom. The quantitative estimate of drug-likeness (QED) is 0.699. The average molecular weight is 461 g/mol. The third-order valence-corrected chi connectivity index (χ3v) is 6.37. The minimum atomic E-state index is -4.26. The molecule has 32 heavy (non-hydrogen) atoms. The van der Waals surface area contributed by atoms with Gasteiger partial charge in [0.2, 0.25) is 0 Å². The van der Waals surface area contributed by atoms with Gasteiger partial charge >= 0.3 is 10.2 Å². The van der Waals surface area contributed by atoms with Gasteiger partial charge in [-0.3, -0.25) is 10.2 Å². The number of nitrogens with zero attached hydrogens (tertiary/aromatic N) is 4. The molecule has 0 amide bonds. The lowest BCUT2D eigenvalue weighted by molar-refractivity contribution is 0.343. The highest BCUT2D eigenvalue weighted by Crippen LogP contribution is 2.28. The maximum atomic E-state index is 14.6. The Bertz CT molecular complexity index is 1420. The molecule has 12 heteroatoms. The Morgan fingerprint density at radius 1 is 1.34 bits per heavy atom. The number of aromatic nitrogens is 2. The Balaban J connectivity index is 1.69. The smallest absolute Gasteiger partial charge is 0.323 e. The summed E-state index contributed by atoms with van der Waals surface area (Å²) in [6.45, 7) is -0.346. The van der Waals surface area contributed by atoms with Gasteiger partial charge < -0.3 is 9.30 Å².